The van der Waals surface area contributed by atoms with Gasteiger partial charge in [0.25, 0.3) is 0 Å². The van der Waals surface area contributed by atoms with Gasteiger partial charge in [-0.3, -0.25) is 0 Å². The molecule has 0 saturated heterocycles. The minimum atomic E-state index is -3.37. The molecule has 5 nitrogen and oxygen atoms in total. The summed E-state index contributed by atoms with van der Waals surface area (Å²) in [5.74, 6) is 0.100. The van der Waals surface area contributed by atoms with E-state index in [-0.39, 0.29) is 5.75 Å². The first-order valence-electron chi connectivity index (χ1n) is 8.92. The van der Waals surface area contributed by atoms with Gasteiger partial charge in [0.05, 0.1) is 33.1 Å². The second kappa shape index (κ2) is 6.25. The Hall–Kier alpha value is -2.51. The fourth-order valence-electron chi connectivity index (χ4n) is 3.83. The Bertz CT molecular complexity index is 1330. The molecular weight excluding hydrogens is 438 g/mol. The molecule has 5 rings (SSSR count). The molecule has 0 atom stereocenters. The van der Waals surface area contributed by atoms with Crippen LogP contribution < -0.4 is 0 Å². The van der Waals surface area contributed by atoms with Crippen LogP contribution in [-0.2, 0) is 16.3 Å². The second-order valence-electron chi connectivity index (χ2n) is 6.87. The summed E-state index contributed by atoms with van der Waals surface area (Å²) >= 11 is 3.45. The van der Waals surface area contributed by atoms with E-state index >= 15 is 0 Å². The van der Waals surface area contributed by atoms with Gasteiger partial charge in [0.1, 0.15) is 0 Å². The van der Waals surface area contributed by atoms with Gasteiger partial charge in [-0.05, 0) is 36.8 Å². The van der Waals surface area contributed by atoms with Gasteiger partial charge >= 0.3 is 0 Å². The van der Waals surface area contributed by atoms with Crippen molar-refractivity contribution in [2.75, 3.05) is 5.75 Å². The fourth-order valence-corrected chi connectivity index (χ4v) is 5.79. The Balaban J connectivity index is 1.94. The van der Waals surface area contributed by atoms with Crippen LogP contribution >= 0.6 is 15.9 Å². The average molecular weight is 454 g/mol. The number of hydrogen-bond donors (Lipinski definition) is 0. The molecule has 0 aliphatic carbocycles. The van der Waals surface area contributed by atoms with Crippen molar-refractivity contribution >= 4 is 36.8 Å². The van der Waals surface area contributed by atoms with Crippen molar-refractivity contribution < 1.29 is 8.42 Å². The van der Waals surface area contributed by atoms with Crippen LogP contribution in [0.25, 0.3) is 27.8 Å². The molecule has 0 amide bonds. The zero-order valence-electron chi connectivity index (χ0n) is 15.1. The van der Waals surface area contributed by atoms with E-state index in [2.05, 4.69) is 15.9 Å². The largest absolute Gasteiger partial charge is 0.232 e. The Morgan fingerprint density at radius 1 is 1.04 bits per heavy atom. The molecule has 0 saturated carbocycles. The third-order valence-electron chi connectivity index (χ3n) is 5.07. The van der Waals surface area contributed by atoms with Crippen LogP contribution in [0.3, 0.4) is 0 Å². The van der Waals surface area contributed by atoms with E-state index < -0.39 is 9.84 Å². The maximum Gasteiger partial charge on any atom is 0.181 e. The van der Waals surface area contributed by atoms with Crippen molar-refractivity contribution in [2.24, 2.45) is 0 Å². The number of aryl methyl sites for hydroxylation is 2. The number of nitrogens with zero attached hydrogens (tertiary/aromatic N) is 3. The molecule has 2 aromatic carbocycles. The number of benzene rings is 2. The van der Waals surface area contributed by atoms with Crippen molar-refractivity contribution in [3.8, 4) is 16.8 Å². The molecule has 2 aromatic heterocycles. The zero-order chi connectivity index (χ0) is 19.5. The molecule has 28 heavy (non-hydrogen) atoms. The second-order valence-corrected chi connectivity index (χ2v) is 9.83. The van der Waals surface area contributed by atoms with Crippen LogP contribution in [0.5, 0.6) is 0 Å². The summed E-state index contributed by atoms with van der Waals surface area (Å²) in [7, 11) is -3.37. The number of para-hydroxylation sites is 1. The monoisotopic (exact) mass is 453 g/mol. The van der Waals surface area contributed by atoms with Gasteiger partial charge < -0.3 is 0 Å². The van der Waals surface area contributed by atoms with Gasteiger partial charge in [0.2, 0.25) is 0 Å². The SMILES string of the molecule is Cc1nn(-c2ccccc2)c2nc3c(c(-c4ccc(Br)cc4)c12)S(=O)(=O)CC3. The van der Waals surface area contributed by atoms with Crippen molar-refractivity contribution in [3.05, 3.63) is 70.5 Å². The van der Waals surface area contributed by atoms with Crippen LogP contribution in [-0.4, -0.2) is 28.9 Å². The normalized spacial score (nSPS) is 15.1. The minimum Gasteiger partial charge on any atom is -0.232 e. The maximum atomic E-state index is 12.9. The molecule has 4 aromatic rings. The van der Waals surface area contributed by atoms with Gasteiger partial charge in [-0.25, -0.2) is 18.1 Å². The van der Waals surface area contributed by atoms with E-state index in [1.54, 1.807) is 4.68 Å². The van der Waals surface area contributed by atoms with Crippen molar-refractivity contribution in [1.29, 1.82) is 0 Å². The number of hydrogen-bond acceptors (Lipinski definition) is 4. The summed E-state index contributed by atoms with van der Waals surface area (Å²) in [6.45, 7) is 1.90. The number of fused-ring (bicyclic) bond motifs is 2. The van der Waals surface area contributed by atoms with Gasteiger partial charge in [0, 0.05) is 16.5 Å². The number of rotatable bonds is 2. The number of aromatic nitrogens is 3. The summed E-state index contributed by atoms with van der Waals surface area (Å²) in [5, 5.41) is 5.49. The van der Waals surface area contributed by atoms with Gasteiger partial charge in [0.15, 0.2) is 15.5 Å². The van der Waals surface area contributed by atoms with E-state index in [1.165, 1.54) is 0 Å². The quantitative estimate of drug-likeness (QED) is 0.448. The lowest BCUT2D eigenvalue weighted by molar-refractivity contribution is 0.600. The highest BCUT2D eigenvalue weighted by Crippen LogP contribution is 2.41. The highest BCUT2D eigenvalue weighted by molar-refractivity contribution is 9.10. The summed E-state index contributed by atoms with van der Waals surface area (Å²) < 4.78 is 28.5. The molecular formula is C21H16BrN3O2S. The van der Waals surface area contributed by atoms with E-state index in [1.807, 2.05) is 61.5 Å². The predicted octanol–water partition coefficient (Wildman–Crippen LogP) is 4.49. The lowest BCUT2D eigenvalue weighted by atomic mass is 10.0. The Morgan fingerprint density at radius 3 is 2.46 bits per heavy atom. The standard InChI is InChI=1S/C21H16BrN3O2S/c1-13-18-19(14-7-9-15(22)10-8-14)20-17(11-12-28(20,26)27)23-21(18)25(24-13)16-5-3-2-4-6-16/h2-10H,11-12H2,1H3. The van der Waals surface area contributed by atoms with Crippen LogP contribution in [0, 0.1) is 6.92 Å². The molecule has 7 heteroatoms. The first-order chi connectivity index (χ1) is 13.5. The molecule has 0 spiro atoms. The molecule has 0 fully saturated rings. The Morgan fingerprint density at radius 2 is 1.75 bits per heavy atom. The number of pyridine rings is 1. The first-order valence-corrected chi connectivity index (χ1v) is 11.4. The maximum absolute atomic E-state index is 12.9. The van der Waals surface area contributed by atoms with E-state index in [0.717, 1.165) is 26.8 Å². The lowest BCUT2D eigenvalue weighted by Crippen LogP contribution is -2.03. The van der Waals surface area contributed by atoms with E-state index in [9.17, 15) is 8.42 Å². The highest BCUT2D eigenvalue weighted by Gasteiger charge is 2.34. The summed E-state index contributed by atoms with van der Waals surface area (Å²) in [5.41, 5.74) is 4.54. The van der Waals surface area contributed by atoms with Gasteiger partial charge in [-0.1, -0.05) is 46.3 Å². The molecule has 0 N–H and O–H groups in total. The van der Waals surface area contributed by atoms with Gasteiger partial charge in [-0.2, -0.15) is 5.10 Å². The van der Waals surface area contributed by atoms with Crippen LogP contribution in [0.15, 0.2) is 64.0 Å². The number of halogens is 1. The summed E-state index contributed by atoms with van der Waals surface area (Å²) in [4.78, 5) is 5.12. The summed E-state index contributed by atoms with van der Waals surface area (Å²) in [6.07, 6.45) is 0.427. The van der Waals surface area contributed by atoms with Crippen LogP contribution in [0.1, 0.15) is 11.4 Å². The number of sulfone groups is 1. The third-order valence-corrected chi connectivity index (χ3v) is 7.40. The third kappa shape index (κ3) is 2.61. The molecule has 1 aliphatic heterocycles. The zero-order valence-corrected chi connectivity index (χ0v) is 17.5. The minimum absolute atomic E-state index is 0.100. The van der Waals surface area contributed by atoms with Crippen molar-refractivity contribution in [1.82, 2.24) is 14.8 Å². The molecule has 140 valence electrons. The predicted molar refractivity (Wildman–Crippen MR) is 112 cm³/mol. The van der Waals surface area contributed by atoms with Gasteiger partial charge in [-0.15, -0.1) is 0 Å². The lowest BCUT2D eigenvalue weighted by Gasteiger charge is -2.11. The molecule has 0 radical (unpaired) electrons. The van der Waals surface area contributed by atoms with Crippen molar-refractivity contribution in [2.45, 2.75) is 18.2 Å². The van der Waals surface area contributed by atoms with E-state index in [0.29, 0.717) is 28.2 Å². The molecule has 1 aliphatic rings. The molecule has 3 heterocycles. The Kier molecular flexibility index (Phi) is 3.93. The fraction of sp³-hybridized carbons (Fsp3) is 0.143. The highest BCUT2D eigenvalue weighted by atomic mass is 79.9. The first kappa shape index (κ1) is 17.6. The van der Waals surface area contributed by atoms with Crippen LogP contribution in [0.4, 0.5) is 0 Å². The molecule has 0 unspecified atom stereocenters. The van der Waals surface area contributed by atoms with Crippen molar-refractivity contribution in [3.63, 3.8) is 0 Å². The average Bonchev–Trinajstić information content (AvgIpc) is 3.19. The molecule has 0 bridgehead atoms. The summed E-state index contributed by atoms with van der Waals surface area (Å²) in [6, 6.07) is 17.5. The smallest absolute Gasteiger partial charge is 0.181 e. The van der Waals surface area contributed by atoms with Crippen LogP contribution in [0.2, 0.25) is 0 Å². The van der Waals surface area contributed by atoms with E-state index in [4.69, 9.17) is 10.1 Å². The topological polar surface area (TPSA) is 64.8 Å². The Labute approximate surface area is 171 Å².